The number of anilines is 3. The Morgan fingerprint density at radius 2 is 0.891 bits per heavy atom. The van der Waals surface area contributed by atoms with Gasteiger partial charge in [-0.25, -0.2) is 0 Å². The Morgan fingerprint density at radius 1 is 0.375 bits per heavy atom. The van der Waals surface area contributed by atoms with Crippen molar-refractivity contribution in [2.45, 2.75) is 31.1 Å². The molecule has 8 aromatic carbocycles. The van der Waals surface area contributed by atoms with Crippen LogP contribution in [-0.2, 0) is 5.41 Å². The highest BCUT2D eigenvalue weighted by Crippen LogP contribution is 2.66. The molecule has 1 atom stereocenters. The van der Waals surface area contributed by atoms with Gasteiger partial charge in [-0.3, -0.25) is 0 Å². The van der Waals surface area contributed by atoms with Crippen molar-refractivity contribution in [3.63, 3.8) is 0 Å². The van der Waals surface area contributed by atoms with Crippen molar-refractivity contribution < 1.29 is 9.47 Å². The molecule has 0 amide bonds. The number of ether oxygens (including phenoxy) is 2. The molecular weight excluding hydrogens is 779 g/mol. The summed E-state index contributed by atoms with van der Waals surface area (Å²) in [6.45, 7) is 0. The van der Waals surface area contributed by atoms with Crippen LogP contribution in [0.3, 0.4) is 0 Å². The Hall–Kier alpha value is -7.88. The van der Waals surface area contributed by atoms with Crippen molar-refractivity contribution in [3.8, 4) is 56.4 Å². The van der Waals surface area contributed by atoms with E-state index in [1.807, 2.05) is 0 Å². The summed E-state index contributed by atoms with van der Waals surface area (Å²) in [7, 11) is 0. The molecule has 0 radical (unpaired) electrons. The van der Waals surface area contributed by atoms with Crippen LogP contribution in [-0.4, -0.2) is 0 Å². The molecule has 64 heavy (non-hydrogen) atoms. The number of rotatable bonds is 6. The minimum absolute atomic E-state index is 0.301. The standard InChI is InChI=1S/C61H43NO2/c1-3-17-40(18-4-1)41-31-34-44(35-32-41)62(55-29-15-10-21-45(55)42-19-5-2-6-20-42)56-30-16-11-22-46(56)43-33-36-57-58(37-43)64-60-39-54-50(38-59(60)63-57)49-25-9-14-28-53(49)61(54)51-26-12-7-23-47(51)48-24-8-13-27-52(48)61/h1-12,15-26,29-39H,13-14,27-28H2. The highest BCUT2D eigenvalue weighted by atomic mass is 16.6. The molecule has 1 unspecified atom stereocenters. The van der Waals surface area contributed by atoms with Crippen LogP contribution in [0.2, 0.25) is 0 Å². The van der Waals surface area contributed by atoms with Crippen LogP contribution in [0.5, 0.6) is 23.0 Å². The van der Waals surface area contributed by atoms with Crippen LogP contribution >= 0.6 is 0 Å². The predicted molar refractivity (Wildman–Crippen MR) is 262 cm³/mol. The van der Waals surface area contributed by atoms with E-state index in [2.05, 4.69) is 217 Å². The summed E-state index contributed by atoms with van der Waals surface area (Å²) in [5.74, 6) is 2.94. The predicted octanol–water partition coefficient (Wildman–Crippen LogP) is 16.6. The molecule has 13 rings (SSSR count). The average molecular weight is 822 g/mol. The number of nitrogens with zero attached hydrogens (tertiary/aromatic N) is 1. The minimum Gasteiger partial charge on any atom is -0.449 e. The Labute approximate surface area is 374 Å². The topological polar surface area (TPSA) is 21.7 Å². The van der Waals surface area contributed by atoms with Crippen molar-refractivity contribution >= 4 is 28.2 Å². The number of hydrogen-bond acceptors (Lipinski definition) is 3. The second-order valence-corrected chi connectivity index (χ2v) is 17.3. The molecule has 0 saturated carbocycles. The summed E-state index contributed by atoms with van der Waals surface area (Å²) in [4.78, 5) is 2.40. The van der Waals surface area contributed by atoms with Crippen molar-refractivity contribution in [1.29, 1.82) is 0 Å². The van der Waals surface area contributed by atoms with Crippen LogP contribution in [0, 0.1) is 0 Å². The van der Waals surface area contributed by atoms with Gasteiger partial charge in [-0.1, -0.05) is 164 Å². The molecule has 0 aromatic heterocycles. The summed E-state index contributed by atoms with van der Waals surface area (Å²) in [6.07, 6.45) is 13.6. The lowest BCUT2D eigenvalue weighted by molar-refractivity contribution is 0.359. The van der Waals surface area contributed by atoms with Crippen LogP contribution < -0.4 is 14.4 Å². The summed E-state index contributed by atoms with van der Waals surface area (Å²) in [5.41, 5.74) is 20.8. The Bertz CT molecular complexity index is 3320. The van der Waals surface area contributed by atoms with E-state index in [0.29, 0.717) is 11.5 Å². The van der Waals surface area contributed by atoms with E-state index >= 15 is 0 Å². The van der Waals surface area contributed by atoms with E-state index in [-0.39, 0.29) is 5.41 Å². The van der Waals surface area contributed by atoms with Gasteiger partial charge in [0.15, 0.2) is 23.0 Å². The first-order valence-corrected chi connectivity index (χ1v) is 22.5. The third kappa shape index (κ3) is 5.53. The zero-order valence-electron chi connectivity index (χ0n) is 35.3. The van der Waals surface area contributed by atoms with E-state index in [1.165, 1.54) is 55.7 Å². The molecule has 0 saturated heterocycles. The first-order valence-electron chi connectivity index (χ1n) is 22.5. The molecule has 304 valence electrons. The van der Waals surface area contributed by atoms with E-state index in [1.54, 1.807) is 0 Å². The Morgan fingerprint density at radius 3 is 1.59 bits per heavy atom. The summed E-state index contributed by atoms with van der Waals surface area (Å²) >= 11 is 0. The van der Waals surface area contributed by atoms with Gasteiger partial charge in [-0.05, 0) is 141 Å². The molecule has 0 fully saturated rings. The molecule has 4 aliphatic carbocycles. The van der Waals surface area contributed by atoms with E-state index in [4.69, 9.17) is 9.47 Å². The largest absolute Gasteiger partial charge is 0.449 e. The lowest BCUT2D eigenvalue weighted by atomic mass is 9.66. The lowest BCUT2D eigenvalue weighted by Crippen LogP contribution is -2.29. The molecule has 8 aromatic rings. The molecule has 0 N–H and O–H groups in total. The van der Waals surface area contributed by atoms with Crippen molar-refractivity contribution in [2.75, 3.05) is 4.90 Å². The molecule has 5 aliphatic rings. The Balaban J connectivity index is 0.929. The van der Waals surface area contributed by atoms with Gasteiger partial charge in [-0.15, -0.1) is 0 Å². The zero-order chi connectivity index (χ0) is 42.2. The SMILES string of the molecule is C1=CC2=C(CC1)C1(C3=C(C=CCC3)c3cc4c(cc31)Oc1cc(-c3ccccc3N(c3ccc(-c5ccccc5)cc3)c3ccccc3-c3ccccc3)ccc1O4)c1ccccc12. The lowest BCUT2D eigenvalue weighted by Gasteiger charge is -2.36. The van der Waals surface area contributed by atoms with Gasteiger partial charge in [-0.2, -0.15) is 0 Å². The summed E-state index contributed by atoms with van der Waals surface area (Å²) < 4.78 is 13.9. The maximum absolute atomic E-state index is 7.04. The minimum atomic E-state index is -0.301. The molecule has 3 heteroatoms. The smallest absolute Gasteiger partial charge is 0.170 e. The molecule has 3 nitrogen and oxygen atoms in total. The van der Waals surface area contributed by atoms with Crippen molar-refractivity contribution in [1.82, 2.24) is 0 Å². The Kier molecular flexibility index (Phi) is 8.39. The third-order valence-corrected chi connectivity index (χ3v) is 13.9. The zero-order valence-corrected chi connectivity index (χ0v) is 35.3. The average Bonchev–Trinajstić information content (AvgIpc) is 3.83. The number of para-hydroxylation sites is 2. The van der Waals surface area contributed by atoms with Gasteiger partial charge >= 0.3 is 0 Å². The van der Waals surface area contributed by atoms with E-state index < -0.39 is 0 Å². The third-order valence-electron chi connectivity index (χ3n) is 13.9. The van der Waals surface area contributed by atoms with Gasteiger partial charge < -0.3 is 14.4 Å². The quantitative estimate of drug-likeness (QED) is 0.167. The van der Waals surface area contributed by atoms with Crippen LogP contribution in [0.4, 0.5) is 17.1 Å². The summed E-state index contributed by atoms with van der Waals surface area (Å²) in [6, 6.07) is 67.6. The van der Waals surface area contributed by atoms with Gasteiger partial charge in [0.2, 0.25) is 0 Å². The molecule has 1 heterocycles. The number of allylic oxidation sites excluding steroid dienone is 8. The van der Waals surface area contributed by atoms with E-state index in [9.17, 15) is 0 Å². The number of fused-ring (bicyclic) bond motifs is 10. The number of hydrogen-bond donors (Lipinski definition) is 0. The van der Waals surface area contributed by atoms with E-state index in [0.717, 1.165) is 76.5 Å². The monoisotopic (exact) mass is 821 g/mol. The van der Waals surface area contributed by atoms with Crippen LogP contribution in [0.15, 0.2) is 224 Å². The molecule has 0 bridgehead atoms. The summed E-state index contributed by atoms with van der Waals surface area (Å²) in [5, 5.41) is 0. The fraction of sp³-hybridized carbons (Fsp3) is 0.0820. The van der Waals surface area contributed by atoms with Gasteiger partial charge in [0.05, 0.1) is 16.8 Å². The van der Waals surface area contributed by atoms with Crippen LogP contribution in [0.1, 0.15) is 47.9 Å². The first kappa shape index (κ1) is 36.7. The highest BCUT2D eigenvalue weighted by molar-refractivity contribution is 6.00. The van der Waals surface area contributed by atoms with Crippen LogP contribution in [0.25, 0.3) is 44.5 Å². The second-order valence-electron chi connectivity index (χ2n) is 17.3. The second kappa shape index (κ2) is 14.6. The van der Waals surface area contributed by atoms with Gasteiger partial charge in [0.25, 0.3) is 0 Å². The normalized spacial score (nSPS) is 17.2. The maximum Gasteiger partial charge on any atom is 0.170 e. The number of benzene rings is 8. The maximum atomic E-state index is 7.04. The first-order chi connectivity index (χ1) is 31.7. The van der Waals surface area contributed by atoms with Gasteiger partial charge in [0.1, 0.15) is 0 Å². The molecular formula is C61H43NO2. The van der Waals surface area contributed by atoms with Gasteiger partial charge in [0, 0.05) is 16.8 Å². The molecule has 1 aliphatic heterocycles. The molecule has 1 spiro atoms. The van der Waals surface area contributed by atoms with Crippen molar-refractivity contribution in [2.24, 2.45) is 0 Å². The fourth-order valence-corrected chi connectivity index (χ4v) is 11.2. The van der Waals surface area contributed by atoms with Crippen molar-refractivity contribution in [3.05, 3.63) is 246 Å². The highest BCUT2D eigenvalue weighted by Gasteiger charge is 2.54. The fourth-order valence-electron chi connectivity index (χ4n) is 11.2.